The van der Waals surface area contributed by atoms with Crippen LogP contribution in [0.15, 0.2) is 114 Å². The van der Waals surface area contributed by atoms with E-state index in [1.807, 2.05) is 54.6 Å². The van der Waals surface area contributed by atoms with Crippen LogP contribution in [0.25, 0.3) is 0 Å². The second kappa shape index (κ2) is 9.95. The predicted molar refractivity (Wildman–Crippen MR) is 136 cm³/mol. The fourth-order valence-corrected chi connectivity index (χ4v) is 4.23. The van der Waals surface area contributed by atoms with Crippen LogP contribution in [0.4, 0.5) is 0 Å². The van der Waals surface area contributed by atoms with Gasteiger partial charge in [-0.15, -0.1) is 0 Å². The standard InChI is InChI=1S/C29H21ClN2O3/c30-23-16-17-27(35-29(34)22-14-8-3-9-15-22)24(18-23)25-19-26(20-10-4-1-5-11-20)32(31-25)28(33)21-12-6-2-7-13-21/h1-18,26H,19H2. The molecule has 1 heterocycles. The summed E-state index contributed by atoms with van der Waals surface area (Å²) in [5, 5.41) is 6.71. The normalized spacial score (nSPS) is 14.9. The molecule has 0 radical (unpaired) electrons. The molecule has 0 aliphatic carbocycles. The lowest BCUT2D eigenvalue weighted by molar-refractivity contribution is 0.0708. The van der Waals surface area contributed by atoms with Crippen molar-refractivity contribution in [2.75, 3.05) is 0 Å². The first kappa shape index (κ1) is 22.6. The Morgan fingerprint density at radius 1 is 0.800 bits per heavy atom. The van der Waals surface area contributed by atoms with Crippen LogP contribution in [0, 0.1) is 0 Å². The number of hydrogen-bond donors (Lipinski definition) is 0. The van der Waals surface area contributed by atoms with Crippen LogP contribution in [0.1, 0.15) is 44.3 Å². The summed E-state index contributed by atoms with van der Waals surface area (Å²) in [6.07, 6.45) is 0.443. The minimum Gasteiger partial charge on any atom is -0.422 e. The number of ether oxygens (including phenoxy) is 1. The van der Waals surface area contributed by atoms with E-state index in [0.29, 0.717) is 39.6 Å². The van der Waals surface area contributed by atoms with Crippen molar-refractivity contribution in [1.82, 2.24) is 5.01 Å². The number of halogens is 1. The fourth-order valence-electron chi connectivity index (χ4n) is 4.06. The summed E-state index contributed by atoms with van der Waals surface area (Å²) in [4.78, 5) is 26.2. The Labute approximate surface area is 208 Å². The molecule has 5 nitrogen and oxygen atoms in total. The maximum Gasteiger partial charge on any atom is 0.343 e. The van der Waals surface area contributed by atoms with E-state index in [1.54, 1.807) is 54.6 Å². The third kappa shape index (κ3) is 4.86. The number of nitrogens with zero attached hydrogens (tertiary/aromatic N) is 2. The first-order valence-corrected chi connectivity index (χ1v) is 11.6. The number of rotatable bonds is 5. The number of carbonyl (C=O) groups excluding carboxylic acids is 2. The average molecular weight is 481 g/mol. The van der Waals surface area contributed by atoms with Crippen molar-refractivity contribution in [3.05, 3.63) is 136 Å². The molecule has 4 aromatic carbocycles. The second-order valence-corrected chi connectivity index (χ2v) is 8.53. The zero-order valence-corrected chi connectivity index (χ0v) is 19.4. The molecule has 6 heteroatoms. The molecule has 1 aliphatic rings. The van der Waals surface area contributed by atoms with E-state index in [1.165, 1.54) is 5.01 Å². The Morgan fingerprint density at radius 3 is 2.06 bits per heavy atom. The average Bonchev–Trinajstić information content (AvgIpc) is 3.36. The van der Waals surface area contributed by atoms with Gasteiger partial charge in [0, 0.05) is 22.6 Å². The van der Waals surface area contributed by atoms with E-state index >= 15 is 0 Å². The van der Waals surface area contributed by atoms with Gasteiger partial charge < -0.3 is 4.74 Å². The van der Waals surface area contributed by atoms with Gasteiger partial charge in [-0.3, -0.25) is 4.79 Å². The molecule has 35 heavy (non-hydrogen) atoms. The molecule has 1 aliphatic heterocycles. The molecule has 1 amide bonds. The minimum atomic E-state index is -0.482. The van der Waals surface area contributed by atoms with E-state index in [2.05, 4.69) is 0 Å². The molecule has 0 aromatic heterocycles. The summed E-state index contributed by atoms with van der Waals surface area (Å²) in [5.74, 6) is -0.355. The van der Waals surface area contributed by atoms with Crippen molar-refractivity contribution >= 4 is 29.2 Å². The van der Waals surface area contributed by atoms with Gasteiger partial charge in [-0.2, -0.15) is 5.10 Å². The Kier molecular flexibility index (Phi) is 6.42. The first-order chi connectivity index (χ1) is 17.1. The maximum atomic E-state index is 13.4. The fraction of sp³-hybridized carbons (Fsp3) is 0.0690. The van der Waals surface area contributed by atoms with Gasteiger partial charge in [0.1, 0.15) is 5.75 Å². The van der Waals surface area contributed by atoms with Gasteiger partial charge in [-0.1, -0.05) is 78.3 Å². The topological polar surface area (TPSA) is 59.0 Å². The monoisotopic (exact) mass is 480 g/mol. The Balaban J connectivity index is 1.53. The molecule has 0 saturated carbocycles. The number of hydrogen-bond acceptors (Lipinski definition) is 4. The highest BCUT2D eigenvalue weighted by molar-refractivity contribution is 6.31. The summed E-state index contributed by atoms with van der Waals surface area (Å²) in [5.41, 5.74) is 3.12. The maximum absolute atomic E-state index is 13.4. The summed E-state index contributed by atoms with van der Waals surface area (Å²) >= 11 is 6.32. The molecule has 4 aromatic rings. The van der Waals surface area contributed by atoms with E-state index in [9.17, 15) is 9.59 Å². The van der Waals surface area contributed by atoms with Crippen LogP contribution >= 0.6 is 11.6 Å². The Bertz CT molecular complexity index is 1390. The van der Waals surface area contributed by atoms with Crippen molar-refractivity contribution in [2.45, 2.75) is 12.5 Å². The second-order valence-electron chi connectivity index (χ2n) is 8.09. The van der Waals surface area contributed by atoms with Crippen LogP contribution < -0.4 is 4.74 Å². The van der Waals surface area contributed by atoms with E-state index < -0.39 is 5.97 Å². The number of carbonyl (C=O) groups is 2. The van der Waals surface area contributed by atoms with Gasteiger partial charge in [0.05, 0.1) is 17.3 Å². The Morgan fingerprint density at radius 2 is 1.40 bits per heavy atom. The van der Waals surface area contributed by atoms with Gasteiger partial charge in [0.25, 0.3) is 5.91 Å². The molecule has 0 N–H and O–H groups in total. The lowest BCUT2D eigenvalue weighted by atomic mass is 9.97. The van der Waals surface area contributed by atoms with Crippen molar-refractivity contribution in [3.63, 3.8) is 0 Å². The van der Waals surface area contributed by atoms with Crippen LogP contribution in [0.2, 0.25) is 5.02 Å². The number of amides is 1. The van der Waals surface area contributed by atoms with E-state index in [-0.39, 0.29) is 11.9 Å². The molecule has 172 valence electrons. The predicted octanol–water partition coefficient (Wildman–Crippen LogP) is 6.55. The highest BCUT2D eigenvalue weighted by Gasteiger charge is 2.34. The number of hydrazone groups is 1. The lowest BCUT2D eigenvalue weighted by Gasteiger charge is -2.22. The molecule has 1 atom stereocenters. The van der Waals surface area contributed by atoms with Crippen LogP contribution in [-0.2, 0) is 0 Å². The van der Waals surface area contributed by atoms with E-state index in [4.69, 9.17) is 21.4 Å². The minimum absolute atomic E-state index is 0.209. The summed E-state index contributed by atoms with van der Waals surface area (Å²) < 4.78 is 5.74. The largest absolute Gasteiger partial charge is 0.422 e. The summed E-state index contributed by atoms with van der Waals surface area (Å²) in [7, 11) is 0. The van der Waals surface area contributed by atoms with Crippen molar-refractivity contribution in [2.24, 2.45) is 5.10 Å². The molecule has 5 rings (SSSR count). The van der Waals surface area contributed by atoms with Crippen LogP contribution in [-0.4, -0.2) is 22.6 Å². The van der Waals surface area contributed by atoms with Crippen LogP contribution in [0.3, 0.4) is 0 Å². The van der Waals surface area contributed by atoms with Gasteiger partial charge in [-0.05, 0) is 48.0 Å². The molecule has 1 unspecified atom stereocenters. The molecule has 0 spiro atoms. The lowest BCUT2D eigenvalue weighted by Crippen LogP contribution is -2.27. The molecular formula is C29H21ClN2O3. The van der Waals surface area contributed by atoms with Crippen molar-refractivity contribution in [3.8, 4) is 5.75 Å². The Hall–Kier alpha value is -4.22. The molecule has 0 fully saturated rings. The van der Waals surface area contributed by atoms with Crippen molar-refractivity contribution in [1.29, 1.82) is 0 Å². The summed E-state index contributed by atoms with van der Waals surface area (Å²) in [6, 6.07) is 32.3. The zero-order valence-electron chi connectivity index (χ0n) is 18.7. The molecular weight excluding hydrogens is 460 g/mol. The smallest absolute Gasteiger partial charge is 0.343 e. The third-order valence-electron chi connectivity index (χ3n) is 5.79. The van der Waals surface area contributed by atoms with Gasteiger partial charge in [0.15, 0.2) is 0 Å². The number of esters is 1. The number of benzene rings is 4. The third-order valence-corrected chi connectivity index (χ3v) is 6.02. The molecule has 0 bridgehead atoms. The molecule has 0 saturated heterocycles. The van der Waals surface area contributed by atoms with Gasteiger partial charge in [-0.25, -0.2) is 9.80 Å². The van der Waals surface area contributed by atoms with Crippen LogP contribution in [0.5, 0.6) is 5.75 Å². The van der Waals surface area contributed by atoms with E-state index in [0.717, 1.165) is 5.56 Å². The highest BCUT2D eigenvalue weighted by Crippen LogP contribution is 2.37. The zero-order chi connectivity index (χ0) is 24.2. The first-order valence-electron chi connectivity index (χ1n) is 11.2. The van der Waals surface area contributed by atoms with Gasteiger partial charge >= 0.3 is 5.97 Å². The highest BCUT2D eigenvalue weighted by atomic mass is 35.5. The van der Waals surface area contributed by atoms with Gasteiger partial charge in [0.2, 0.25) is 0 Å². The SMILES string of the molecule is O=C(Oc1ccc(Cl)cc1C1=NN(C(=O)c2ccccc2)C(c2ccccc2)C1)c1ccccc1. The quantitative estimate of drug-likeness (QED) is 0.240. The van der Waals surface area contributed by atoms with Crippen molar-refractivity contribution < 1.29 is 14.3 Å². The summed E-state index contributed by atoms with van der Waals surface area (Å²) in [6.45, 7) is 0.